The molecule has 1 fully saturated rings. The van der Waals surface area contributed by atoms with Crippen LogP contribution in [-0.4, -0.2) is 22.8 Å². The van der Waals surface area contributed by atoms with Crippen molar-refractivity contribution in [2.45, 2.75) is 38.1 Å². The Hall–Kier alpha value is -1.06. The second kappa shape index (κ2) is 4.80. The minimum Gasteiger partial charge on any atom is -0.381 e. The Balaban J connectivity index is 2.23. The molecule has 19 heavy (non-hydrogen) atoms. The normalized spacial score (nSPS) is 18.9. The third kappa shape index (κ3) is 2.05. The first-order valence-electron chi connectivity index (χ1n) is 6.77. The van der Waals surface area contributed by atoms with E-state index in [1.54, 1.807) is 0 Å². The van der Waals surface area contributed by atoms with Crippen molar-refractivity contribution in [2.24, 2.45) is 0 Å². The molecule has 3 nitrogen and oxygen atoms in total. The van der Waals surface area contributed by atoms with E-state index in [0.29, 0.717) is 5.88 Å². The van der Waals surface area contributed by atoms with Gasteiger partial charge >= 0.3 is 0 Å². The maximum Gasteiger partial charge on any atom is 0.125 e. The molecule has 2 aromatic rings. The summed E-state index contributed by atoms with van der Waals surface area (Å²) in [4.78, 5) is 4.74. The lowest BCUT2D eigenvalue weighted by molar-refractivity contribution is 0.0303. The van der Waals surface area contributed by atoms with E-state index in [0.717, 1.165) is 37.4 Å². The van der Waals surface area contributed by atoms with E-state index >= 15 is 0 Å². The van der Waals surface area contributed by atoms with Crippen molar-refractivity contribution in [3.8, 4) is 0 Å². The second-order valence-corrected chi connectivity index (χ2v) is 5.82. The highest BCUT2D eigenvalue weighted by atomic mass is 35.5. The SMILES string of the molecule is Cc1cccc2c1nc(CCl)n2C1(C)CCOCC1. The molecule has 1 saturated heterocycles. The van der Waals surface area contributed by atoms with E-state index in [1.807, 2.05) is 0 Å². The van der Waals surface area contributed by atoms with E-state index in [-0.39, 0.29) is 5.54 Å². The molecule has 0 atom stereocenters. The molecule has 0 N–H and O–H groups in total. The predicted molar refractivity (Wildman–Crippen MR) is 77.7 cm³/mol. The van der Waals surface area contributed by atoms with E-state index in [1.165, 1.54) is 11.1 Å². The first-order valence-corrected chi connectivity index (χ1v) is 7.30. The Morgan fingerprint density at radius 3 is 2.79 bits per heavy atom. The molecule has 1 aliphatic rings. The van der Waals surface area contributed by atoms with Crippen molar-refractivity contribution < 1.29 is 4.74 Å². The Morgan fingerprint density at radius 2 is 2.11 bits per heavy atom. The van der Waals surface area contributed by atoms with Crippen LogP contribution in [0, 0.1) is 6.92 Å². The van der Waals surface area contributed by atoms with Crippen LogP contribution in [0.4, 0.5) is 0 Å². The zero-order valence-electron chi connectivity index (χ0n) is 11.4. The van der Waals surface area contributed by atoms with Gasteiger partial charge in [0.05, 0.1) is 16.9 Å². The Labute approximate surface area is 118 Å². The number of alkyl halides is 1. The summed E-state index contributed by atoms with van der Waals surface area (Å²) in [5.41, 5.74) is 3.54. The largest absolute Gasteiger partial charge is 0.381 e. The second-order valence-electron chi connectivity index (χ2n) is 5.55. The topological polar surface area (TPSA) is 27.1 Å². The van der Waals surface area contributed by atoms with Crippen LogP contribution < -0.4 is 0 Å². The summed E-state index contributed by atoms with van der Waals surface area (Å²) in [6.45, 7) is 6.01. The number of rotatable bonds is 2. The first-order chi connectivity index (χ1) is 9.15. The molecule has 0 bridgehead atoms. The summed E-state index contributed by atoms with van der Waals surface area (Å²) >= 11 is 6.12. The van der Waals surface area contributed by atoms with Gasteiger partial charge in [-0.05, 0) is 38.3 Å². The molecule has 0 unspecified atom stereocenters. The van der Waals surface area contributed by atoms with Crippen molar-refractivity contribution in [3.05, 3.63) is 29.6 Å². The molecule has 1 aliphatic heterocycles. The standard InChI is InChI=1S/C15H19ClN2O/c1-11-4-3-5-12-14(11)17-13(10-16)18(12)15(2)6-8-19-9-7-15/h3-5H,6-10H2,1-2H3. The van der Waals surface area contributed by atoms with Gasteiger partial charge in [0.25, 0.3) is 0 Å². The van der Waals surface area contributed by atoms with Crippen molar-refractivity contribution in [1.82, 2.24) is 9.55 Å². The Morgan fingerprint density at radius 1 is 1.37 bits per heavy atom. The maximum absolute atomic E-state index is 6.12. The average molecular weight is 279 g/mol. The van der Waals surface area contributed by atoms with Crippen LogP contribution in [0.25, 0.3) is 11.0 Å². The lowest BCUT2D eigenvalue weighted by atomic mass is 9.91. The number of halogens is 1. The highest BCUT2D eigenvalue weighted by molar-refractivity contribution is 6.16. The highest BCUT2D eigenvalue weighted by Crippen LogP contribution is 2.34. The van der Waals surface area contributed by atoms with E-state index < -0.39 is 0 Å². The Bertz CT molecular complexity index is 599. The molecule has 0 radical (unpaired) electrons. The molecule has 3 rings (SSSR count). The number of nitrogens with zero attached hydrogens (tertiary/aromatic N) is 2. The first kappa shape index (κ1) is 12.9. The quantitative estimate of drug-likeness (QED) is 0.785. The molecule has 0 aliphatic carbocycles. The number of aromatic nitrogens is 2. The maximum atomic E-state index is 6.12. The fraction of sp³-hybridized carbons (Fsp3) is 0.533. The van der Waals surface area contributed by atoms with Crippen molar-refractivity contribution in [3.63, 3.8) is 0 Å². The third-order valence-corrected chi connectivity index (χ3v) is 4.42. The minimum absolute atomic E-state index is 0.0605. The number of benzene rings is 1. The van der Waals surface area contributed by atoms with Crippen molar-refractivity contribution in [1.29, 1.82) is 0 Å². The fourth-order valence-corrected chi connectivity index (χ4v) is 3.19. The summed E-state index contributed by atoms with van der Waals surface area (Å²) in [5, 5.41) is 0. The summed E-state index contributed by atoms with van der Waals surface area (Å²) < 4.78 is 7.84. The monoisotopic (exact) mass is 278 g/mol. The van der Waals surface area contributed by atoms with E-state index in [9.17, 15) is 0 Å². The number of para-hydroxylation sites is 1. The molecule has 2 heterocycles. The van der Waals surface area contributed by atoms with E-state index in [4.69, 9.17) is 21.3 Å². The van der Waals surface area contributed by atoms with Crippen LogP contribution >= 0.6 is 11.6 Å². The number of fused-ring (bicyclic) bond motifs is 1. The third-order valence-electron chi connectivity index (χ3n) is 4.19. The van der Waals surface area contributed by atoms with Crippen LogP contribution in [0.1, 0.15) is 31.2 Å². The summed E-state index contributed by atoms with van der Waals surface area (Å²) in [6, 6.07) is 6.34. The fourth-order valence-electron chi connectivity index (χ4n) is 3.01. The molecule has 4 heteroatoms. The van der Waals surface area contributed by atoms with Crippen molar-refractivity contribution in [2.75, 3.05) is 13.2 Å². The van der Waals surface area contributed by atoms with Crippen LogP contribution in [0.2, 0.25) is 0 Å². The molecule has 0 saturated carbocycles. The van der Waals surface area contributed by atoms with E-state index in [2.05, 4.69) is 36.6 Å². The summed E-state index contributed by atoms with van der Waals surface area (Å²) in [7, 11) is 0. The van der Waals surface area contributed by atoms with Crippen molar-refractivity contribution >= 4 is 22.6 Å². The molecule has 0 amide bonds. The molecular weight excluding hydrogens is 260 g/mol. The van der Waals surface area contributed by atoms with Gasteiger partial charge in [-0.3, -0.25) is 0 Å². The lowest BCUT2D eigenvalue weighted by Crippen LogP contribution is -2.37. The smallest absolute Gasteiger partial charge is 0.125 e. The lowest BCUT2D eigenvalue weighted by Gasteiger charge is -2.36. The van der Waals surface area contributed by atoms with Crippen LogP contribution in [0.3, 0.4) is 0 Å². The van der Waals surface area contributed by atoms with Gasteiger partial charge in [-0.2, -0.15) is 0 Å². The summed E-state index contributed by atoms with van der Waals surface area (Å²) in [5.74, 6) is 1.42. The number of aryl methyl sites for hydroxylation is 1. The summed E-state index contributed by atoms with van der Waals surface area (Å²) in [6.07, 6.45) is 2.02. The molecule has 102 valence electrons. The van der Waals surface area contributed by atoms with Crippen LogP contribution in [-0.2, 0) is 16.2 Å². The molecule has 0 spiro atoms. The molecule has 1 aromatic carbocycles. The van der Waals surface area contributed by atoms with Gasteiger partial charge in [-0.1, -0.05) is 12.1 Å². The van der Waals surface area contributed by atoms with Gasteiger partial charge in [0.1, 0.15) is 5.82 Å². The number of hydrogen-bond donors (Lipinski definition) is 0. The minimum atomic E-state index is 0.0605. The zero-order valence-corrected chi connectivity index (χ0v) is 12.2. The predicted octanol–water partition coefficient (Wildman–Crippen LogP) is 3.61. The van der Waals surface area contributed by atoms with Gasteiger partial charge in [0.15, 0.2) is 0 Å². The number of hydrogen-bond acceptors (Lipinski definition) is 2. The molecular formula is C15H19ClN2O. The van der Waals surface area contributed by atoms with Crippen LogP contribution in [0.5, 0.6) is 0 Å². The van der Waals surface area contributed by atoms with Gasteiger partial charge < -0.3 is 9.30 Å². The zero-order chi connectivity index (χ0) is 13.5. The Kier molecular flexibility index (Phi) is 3.27. The average Bonchev–Trinajstić information content (AvgIpc) is 2.80. The van der Waals surface area contributed by atoms with Gasteiger partial charge in [-0.15, -0.1) is 11.6 Å². The molecule has 1 aromatic heterocycles. The number of imidazole rings is 1. The number of ether oxygens (including phenoxy) is 1. The van der Waals surface area contributed by atoms with Gasteiger partial charge in [0.2, 0.25) is 0 Å². The highest BCUT2D eigenvalue weighted by Gasteiger charge is 2.32. The van der Waals surface area contributed by atoms with Gasteiger partial charge in [0, 0.05) is 18.8 Å². The van der Waals surface area contributed by atoms with Crippen LogP contribution in [0.15, 0.2) is 18.2 Å². The van der Waals surface area contributed by atoms with Gasteiger partial charge in [-0.25, -0.2) is 4.98 Å².